The molecule has 2 heterocycles. The van der Waals surface area contributed by atoms with Crippen molar-refractivity contribution < 1.29 is 32.4 Å². The van der Waals surface area contributed by atoms with Gasteiger partial charge >= 0.3 is 19.7 Å². The van der Waals surface area contributed by atoms with Crippen LogP contribution in [0.1, 0.15) is 63.9 Å². The Balaban J connectivity index is 1.96. The molecule has 1 aromatic heterocycles. The highest BCUT2D eigenvalue weighted by atomic mass is 19.3. The molecule has 1 aliphatic carbocycles. The van der Waals surface area contributed by atoms with E-state index in [1.807, 2.05) is 27.7 Å². The van der Waals surface area contributed by atoms with Gasteiger partial charge in [-0.2, -0.15) is 8.78 Å². The number of alkyl halides is 2. The van der Waals surface area contributed by atoms with Gasteiger partial charge in [-0.15, -0.1) is 0 Å². The first-order valence-electron chi connectivity index (χ1n) is 10.7. The Morgan fingerprint density at radius 1 is 1.22 bits per heavy atom. The van der Waals surface area contributed by atoms with E-state index in [4.69, 9.17) is 18.8 Å². The maximum absolute atomic E-state index is 13.5. The number of benzene rings is 1. The van der Waals surface area contributed by atoms with Crippen LogP contribution in [0, 0.1) is 0 Å². The number of rotatable bonds is 6. The van der Waals surface area contributed by atoms with Gasteiger partial charge in [-0.25, -0.2) is 4.79 Å². The molecule has 0 radical (unpaired) electrons. The topological polar surface area (TPSA) is 76.0 Å². The van der Waals surface area contributed by atoms with E-state index in [2.05, 4.69) is 0 Å². The van der Waals surface area contributed by atoms with Crippen LogP contribution in [0.25, 0.3) is 10.9 Å². The normalized spacial score (nSPS) is 19.6. The summed E-state index contributed by atoms with van der Waals surface area (Å²) >= 11 is 0. The Labute approximate surface area is 184 Å². The zero-order chi connectivity index (χ0) is 23.4. The molecule has 10 heteroatoms. The van der Waals surface area contributed by atoms with Gasteiger partial charge in [0.15, 0.2) is 0 Å². The van der Waals surface area contributed by atoms with Crippen molar-refractivity contribution in [1.82, 2.24) is 4.57 Å². The number of carbonyl (C=O) groups excluding carboxylic acids is 1. The Hall–Kier alpha value is -2.46. The fourth-order valence-electron chi connectivity index (χ4n) is 3.80. The van der Waals surface area contributed by atoms with E-state index in [0.29, 0.717) is 0 Å². The summed E-state index contributed by atoms with van der Waals surface area (Å²) in [5.41, 5.74) is -1.68. The minimum absolute atomic E-state index is 0.0418. The van der Waals surface area contributed by atoms with Crippen molar-refractivity contribution in [2.75, 3.05) is 6.61 Å². The van der Waals surface area contributed by atoms with Crippen molar-refractivity contribution in [3.8, 4) is 5.75 Å². The average Bonchev–Trinajstić information content (AvgIpc) is 3.49. The van der Waals surface area contributed by atoms with E-state index in [9.17, 15) is 18.4 Å². The number of pyridine rings is 1. The molecule has 4 rings (SSSR count). The fourth-order valence-corrected chi connectivity index (χ4v) is 3.80. The van der Waals surface area contributed by atoms with Gasteiger partial charge in [-0.3, -0.25) is 4.79 Å². The summed E-state index contributed by atoms with van der Waals surface area (Å²) in [5, 5.41) is 0.0957. The lowest BCUT2D eigenvalue weighted by atomic mass is 9.77. The van der Waals surface area contributed by atoms with Crippen molar-refractivity contribution in [3.05, 3.63) is 34.1 Å². The maximum atomic E-state index is 13.5. The summed E-state index contributed by atoms with van der Waals surface area (Å²) in [4.78, 5) is 25.5. The molecular formula is C22H26BF2NO6. The molecule has 0 N–H and O–H groups in total. The van der Waals surface area contributed by atoms with E-state index in [-0.39, 0.29) is 40.3 Å². The Kier molecular flexibility index (Phi) is 5.57. The first-order chi connectivity index (χ1) is 15.0. The zero-order valence-electron chi connectivity index (χ0n) is 18.7. The third-order valence-corrected chi connectivity index (χ3v) is 6.33. The summed E-state index contributed by atoms with van der Waals surface area (Å²) in [6.45, 7) is 6.04. The number of halogens is 2. The van der Waals surface area contributed by atoms with Gasteiger partial charge in [0.2, 0.25) is 5.43 Å². The summed E-state index contributed by atoms with van der Waals surface area (Å²) in [6.07, 6.45) is 2.96. The second kappa shape index (κ2) is 7.84. The number of nitrogens with zero attached hydrogens (tertiary/aromatic N) is 1. The van der Waals surface area contributed by atoms with Gasteiger partial charge < -0.3 is 23.3 Å². The first-order valence-corrected chi connectivity index (χ1v) is 10.7. The van der Waals surface area contributed by atoms with Gasteiger partial charge in [0, 0.05) is 17.7 Å². The Morgan fingerprint density at radius 2 is 1.84 bits per heavy atom. The lowest BCUT2D eigenvalue weighted by Gasteiger charge is -2.32. The molecule has 1 aromatic carbocycles. The monoisotopic (exact) mass is 449 g/mol. The van der Waals surface area contributed by atoms with Gasteiger partial charge in [-0.05, 0) is 53.5 Å². The number of hydrogen-bond acceptors (Lipinski definition) is 6. The number of hydrogen-bond donors (Lipinski definition) is 0. The van der Waals surface area contributed by atoms with E-state index in [1.165, 1.54) is 18.3 Å². The van der Waals surface area contributed by atoms with Crippen molar-refractivity contribution in [3.63, 3.8) is 0 Å². The average molecular weight is 449 g/mol. The van der Waals surface area contributed by atoms with E-state index >= 15 is 0 Å². The predicted octanol–water partition coefficient (Wildman–Crippen LogP) is 3.41. The SMILES string of the molecule is CCOC(=O)c1cn(C2CC2)c2c(OC(F)F)c(B3OC(C)(C)C(C)(C)O3)ccc2c1=O. The fraction of sp³-hybridized carbons (Fsp3) is 0.545. The largest absolute Gasteiger partial charge is 0.498 e. The molecule has 0 unspecified atom stereocenters. The van der Waals surface area contributed by atoms with Crippen LogP contribution in [0.2, 0.25) is 0 Å². The van der Waals surface area contributed by atoms with Crippen LogP contribution in [0.5, 0.6) is 5.75 Å². The first kappa shape index (κ1) is 22.7. The molecule has 1 saturated heterocycles. The molecule has 172 valence electrons. The van der Waals surface area contributed by atoms with E-state index < -0.39 is 36.3 Å². The second-order valence-corrected chi connectivity index (χ2v) is 9.08. The summed E-state index contributed by atoms with van der Waals surface area (Å²) in [6, 6.07) is 2.94. The van der Waals surface area contributed by atoms with Crippen LogP contribution in [0.3, 0.4) is 0 Å². The minimum atomic E-state index is -3.13. The minimum Gasteiger partial charge on any atom is -0.462 e. The second-order valence-electron chi connectivity index (χ2n) is 9.08. The number of carbonyl (C=O) groups is 1. The molecule has 2 aromatic rings. The molecular weight excluding hydrogens is 423 g/mol. The van der Waals surface area contributed by atoms with Gasteiger partial charge in [0.05, 0.1) is 28.7 Å². The third kappa shape index (κ3) is 3.79. The highest BCUT2D eigenvalue weighted by Gasteiger charge is 2.53. The Bertz CT molecular complexity index is 1110. The number of esters is 1. The maximum Gasteiger partial charge on any atom is 0.498 e. The summed E-state index contributed by atoms with van der Waals surface area (Å²) in [7, 11) is -0.967. The van der Waals surface area contributed by atoms with Gasteiger partial charge in [-0.1, -0.05) is 6.07 Å². The molecule has 0 spiro atoms. The van der Waals surface area contributed by atoms with Crippen molar-refractivity contribution >= 4 is 29.5 Å². The zero-order valence-corrected chi connectivity index (χ0v) is 18.7. The third-order valence-electron chi connectivity index (χ3n) is 6.33. The smallest absolute Gasteiger partial charge is 0.462 e. The van der Waals surface area contributed by atoms with E-state index in [1.54, 1.807) is 11.5 Å². The number of aromatic nitrogens is 1. The summed E-state index contributed by atoms with van der Waals surface area (Å²) < 4.78 is 50.8. The molecule has 0 atom stereocenters. The molecule has 1 saturated carbocycles. The highest BCUT2D eigenvalue weighted by molar-refractivity contribution is 6.63. The molecule has 2 fully saturated rings. The number of ether oxygens (including phenoxy) is 2. The molecule has 32 heavy (non-hydrogen) atoms. The van der Waals surface area contributed by atoms with Crippen LogP contribution in [-0.4, -0.2) is 42.1 Å². The summed E-state index contributed by atoms with van der Waals surface area (Å²) in [5.74, 6) is -0.935. The lowest BCUT2D eigenvalue weighted by molar-refractivity contribution is -0.0484. The highest BCUT2D eigenvalue weighted by Crippen LogP contribution is 2.41. The molecule has 0 bridgehead atoms. The molecule has 2 aliphatic rings. The van der Waals surface area contributed by atoms with Crippen LogP contribution < -0.4 is 15.6 Å². The predicted molar refractivity (Wildman–Crippen MR) is 115 cm³/mol. The standard InChI is InChI=1S/C22H26BF2NO6/c1-6-29-19(28)14-11-26(12-7-8-12)16-13(17(14)27)9-10-15(18(16)30-20(24)25)23-31-21(2,3)22(4,5)32-23/h9-12,20H,6-8H2,1-5H3. The van der Waals surface area contributed by atoms with Crippen molar-refractivity contribution in [2.45, 2.75) is 71.3 Å². The van der Waals surface area contributed by atoms with Gasteiger partial charge in [0.1, 0.15) is 11.3 Å². The van der Waals surface area contributed by atoms with E-state index in [0.717, 1.165) is 12.8 Å². The van der Waals surface area contributed by atoms with Crippen LogP contribution in [0.4, 0.5) is 8.78 Å². The quantitative estimate of drug-likeness (QED) is 0.497. The molecule has 7 nitrogen and oxygen atoms in total. The Morgan fingerprint density at radius 3 is 2.38 bits per heavy atom. The van der Waals surface area contributed by atoms with Crippen molar-refractivity contribution in [1.29, 1.82) is 0 Å². The van der Waals surface area contributed by atoms with Crippen LogP contribution in [0.15, 0.2) is 23.1 Å². The number of fused-ring (bicyclic) bond motifs is 1. The van der Waals surface area contributed by atoms with Crippen LogP contribution >= 0.6 is 0 Å². The van der Waals surface area contributed by atoms with Gasteiger partial charge in [0.25, 0.3) is 0 Å². The molecule has 0 amide bonds. The van der Waals surface area contributed by atoms with Crippen molar-refractivity contribution in [2.24, 2.45) is 0 Å². The van der Waals surface area contributed by atoms with Crippen LogP contribution in [-0.2, 0) is 14.0 Å². The lowest BCUT2D eigenvalue weighted by Crippen LogP contribution is -2.41. The molecule has 1 aliphatic heterocycles.